The fourth-order valence-corrected chi connectivity index (χ4v) is 8.23. The summed E-state index contributed by atoms with van der Waals surface area (Å²) in [4.78, 5) is 15.0. The average molecular weight is 727 g/mol. The van der Waals surface area contributed by atoms with E-state index in [0.29, 0.717) is 17.5 Å². The summed E-state index contributed by atoms with van der Waals surface area (Å²) in [6, 6.07) is 72.9. The van der Waals surface area contributed by atoms with Crippen molar-refractivity contribution in [1.29, 1.82) is 0 Å². The highest BCUT2D eigenvalue weighted by molar-refractivity contribution is 6.23. The molecular formula is C53H34N4. The molecule has 2 heterocycles. The third-order valence-electron chi connectivity index (χ3n) is 11.0. The Morgan fingerprint density at radius 3 is 1.25 bits per heavy atom. The van der Waals surface area contributed by atoms with Gasteiger partial charge in [-0.15, -0.1) is 0 Å². The van der Waals surface area contributed by atoms with Gasteiger partial charge < -0.3 is 4.57 Å². The first kappa shape index (κ1) is 32.7. The van der Waals surface area contributed by atoms with E-state index in [2.05, 4.69) is 174 Å². The lowest BCUT2D eigenvalue weighted by Gasteiger charge is -2.13. The molecule has 0 aliphatic rings. The van der Waals surface area contributed by atoms with E-state index in [4.69, 9.17) is 15.0 Å². The van der Waals surface area contributed by atoms with Gasteiger partial charge in [0.25, 0.3) is 0 Å². The Morgan fingerprint density at radius 2 is 0.667 bits per heavy atom. The van der Waals surface area contributed by atoms with Gasteiger partial charge in [-0.2, -0.15) is 0 Å². The third-order valence-corrected chi connectivity index (χ3v) is 11.0. The summed E-state index contributed by atoms with van der Waals surface area (Å²) in [6.07, 6.45) is 0. The minimum absolute atomic E-state index is 0.636. The minimum Gasteiger partial charge on any atom is -0.308 e. The van der Waals surface area contributed by atoms with Crippen LogP contribution in [-0.4, -0.2) is 19.5 Å². The molecule has 0 saturated heterocycles. The molecule has 0 N–H and O–H groups in total. The Bertz CT molecular complexity index is 3170. The zero-order valence-corrected chi connectivity index (χ0v) is 30.9. The summed E-state index contributed by atoms with van der Waals surface area (Å²) in [5, 5.41) is 7.48. The Balaban J connectivity index is 0.985. The molecule has 11 aromatic rings. The van der Waals surface area contributed by atoms with Crippen LogP contribution in [0, 0.1) is 0 Å². The molecule has 9 aromatic carbocycles. The predicted octanol–water partition coefficient (Wildman–Crippen LogP) is 13.6. The van der Waals surface area contributed by atoms with Gasteiger partial charge in [-0.1, -0.05) is 188 Å². The fourth-order valence-electron chi connectivity index (χ4n) is 8.23. The Labute approximate surface area is 330 Å². The Kier molecular flexibility index (Phi) is 7.78. The monoisotopic (exact) mass is 726 g/mol. The topological polar surface area (TPSA) is 43.6 Å². The van der Waals surface area contributed by atoms with Crippen LogP contribution in [0.25, 0.3) is 105 Å². The Hall–Kier alpha value is -7.69. The highest BCUT2D eigenvalue weighted by atomic mass is 15.0. The molecule has 0 unspecified atom stereocenters. The second-order valence-corrected chi connectivity index (χ2v) is 14.4. The zero-order valence-electron chi connectivity index (χ0n) is 30.9. The number of hydrogen-bond donors (Lipinski definition) is 0. The number of fused-ring (bicyclic) bond motifs is 7. The molecular weight excluding hydrogens is 693 g/mol. The number of nitrogens with zero attached hydrogens (tertiary/aromatic N) is 4. The minimum atomic E-state index is 0.636. The number of benzene rings is 9. The van der Waals surface area contributed by atoms with Crippen LogP contribution in [-0.2, 0) is 0 Å². The molecule has 0 aliphatic carbocycles. The van der Waals surface area contributed by atoms with Gasteiger partial charge in [0.05, 0.1) is 11.0 Å². The molecule has 0 aliphatic heterocycles. The van der Waals surface area contributed by atoms with Crippen LogP contribution in [0.4, 0.5) is 0 Å². The molecule has 0 atom stereocenters. The molecule has 0 amide bonds. The van der Waals surface area contributed by atoms with Crippen molar-refractivity contribution in [3.63, 3.8) is 0 Å². The van der Waals surface area contributed by atoms with Crippen LogP contribution < -0.4 is 0 Å². The molecule has 57 heavy (non-hydrogen) atoms. The molecule has 0 spiro atoms. The van der Waals surface area contributed by atoms with E-state index in [1.165, 1.54) is 43.4 Å². The van der Waals surface area contributed by atoms with E-state index in [9.17, 15) is 0 Å². The van der Waals surface area contributed by atoms with Crippen LogP contribution in [0.5, 0.6) is 0 Å². The summed E-state index contributed by atoms with van der Waals surface area (Å²) >= 11 is 0. The second-order valence-electron chi connectivity index (χ2n) is 14.4. The van der Waals surface area contributed by atoms with E-state index in [1.807, 2.05) is 36.4 Å². The summed E-state index contributed by atoms with van der Waals surface area (Å²) in [5.41, 5.74) is 10.9. The quantitative estimate of drug-likeness (QED) is 0.171. The van der Waals surface area contributed by atoms with Gasteiger partial charge in [-0.25, -0.2) is 15.0 Å². The lowest BCUT2D eigenvalue weighted by molar-refractivity contribution is 1.07. The van der Waals surface area contributed by atoms with E-state index in [1.54, 1.807) is 0 Å². The van der Waals surface area contributed by atoms with Crippen molar-refractivity contribution in [3.05, 3.63) is 206 Å². The number of aromatic nitrogens is 4. The van der Waals surface area contributed by atoms with Gasteiger partial charge in [-0.05, 0) is 51.2 Å². The lowest BCUT2D eigenvalue weighted by atomic mass is 10.0. The average Bonchev–Trinajstić information content (AvgIpc) is 3.65. The van der Waals surface area contributed by atoms with Gasteiger partial charge >= 0.3 is 0 Å². The maximum Gasteiger partial charge on any atom is 0.164 e. The van der Waals surface area contributed by atoms with E-state index in [0.717, 1.165) is 44.6 Å². The standard InChI is InChI=1S/C53H34N4/c1-3-12-35(13-4-1)42-18-11-19-43(34-42)53-55-51(40-16-5-2-6-17-40)54-52(56-53)41-24-22-36(23-25-41)37-26-30-44(31-27-37)57-49-45-20-9-7-14-38(45)28-32-47(49)48-33-29-39-15-8-10-21-46(39)50(48)57/h1-34H. The SMILES string of the molecule is c1ccc(-c2cccc(-c3nc(-c4ccccc4)nc(-c4ccc(-c5ccc(-n6c7c8ccccc8ccc7c7ccc8ccccc8c76)cc5)cc4)n3)c2)cc1. The molecule has 2 aromatic heterocycles. The van der Waals surface area contributed by atoms with Crippen molar-refractivity contribution in [3.8, 4) is 62.1 Å². The smallest absolute Gasteiger partial charge is 0.164 e. The molecule has 0 bridgehead atoms. The second kappa shape index (κ2) is 13.6. The van der Waals surface area contributed by atoms with E-state index >= 15 is 0 Å². The van der Waals surface area contributed by atoms with Gasteiger partial charge in [0, 0.05) is 43.9 Å². The van der Waals surface area contributed by atoms with Crippen molar-refractivity contribution in [1.82, 2.24) is 19.5 Å². The van der Waals surface area contributed by atoms with Gasteiger partial charge in [0.2, 0.25) is 0 Å². The van der Waals surface area contributed by atoms with Crippen LogP contribution >= 0.6 is 0 Å². The van der Waals surface area contributed by atoms with Crippen molar-refractivity contribution < 1.29 is 0 Å². The van der Waals surface area contributed by atoms with E-state index in [-0.39, 0.29) is 0 Å². The summed E-state index contributed by atoms with van der Waals surface area (Å²) in [6.45, 7) is 0. The zero-order chi connectivity index (χ0) is 37.7. The molecule has 4 heteroatoms. The van der Waals surface area contributed by atoms with Crippen LogP contribution in [0.1, 0.15) is 0 Å². The first-order valence-corrected chi connectivity index (χ1v) is 19.3. The lowest BCUT2D eigenvalue weighted by Crippen LogP contribution is -2.00. The van der Waals surface area contributed by atoms with Crippen molar-refractivity contribution >= 4 is 43.4 Å². The Morgan fingerprint density at radius 1 is 0.263 bits per heavy atom. The first-order valence-electron chi connectivity index (χ1n) is 19.3. The molecule has 0 radical (unpaired) electrons. The first-order chi connectivity index (χ1) is 28.2. The van der Waals surface area contributed by atoms with Crippen molar-refractivity contribution in [2.45, 2.75) is 0 Å². The van der Waals surface area contributed by atoms with Gasteiger partial charge in [0.15, 0.2) is 17.5 Å². The summed E-state index contributed by atoms with van der Waals surface area (Å²) < 4.78 is 2.46. The van der Waals surface area contributed by atoms with E-state index < -0.39 is 0 Å². The highest BCUT2D eigenvalue weighted by Gasteiger charge is 2.18. The largest absolute Gasteiger partial charge is 0.308 e. The van der Waals surface area contributed by atoms with Crippen LogP contribution in [0.15, 0.2) is 206 Å². The van der Waals surface area contributed by atoms with Crippen molar-refractivity contribution in [2.75, 3.05) is 0 Å². The molecule has 4 nitrogen and oxygen atoms in total. The summed E-state index contributed by atoms with van der Waals surface area (Å²) in [7, 11) is 0. The van der Waals surface area contributed by atoms with Crippen LogP contribution in [0.2, 0.25) is 0 Å². The molecule has 266 valence electrons. The fraction of sp³-hybridized carbons (Fsp3) is 0. The van der Waals surface area contributed by atoms with Gasteiger partial charge in [0.1, 0.15) is 0 Å². The van der Waals surface area contributed by atoms with Crippen molar-refractivity contribution in [2.24, 2.45) is 0 Å². The third kappa shape index (κ3) is 5.74. The summed E-state index contributed by atoms with van der Waals surface area (Å²) in [5.74, 6) is 1.92. The van der Waals surface area contributed by atoms with Crippen LogP contribution in [0.3, 0.4) is 0 Å². The maximum absolute atomic E-state index is 5.04. The number of hydrogen-bond acceptors (Lipinski definition) is 3. The van der Waals surface area contributed by atoms with Gasteiger partial charge in [-0.3, -0.25) is 0 Å². The maximum atomic E-state index is 5.04. The molecule has 0 fully saturated rings. The molecule has 0 saturated carbocycles. The number of rotatable bonds is 6. The molecule has 11 rings (SSSR count). The normalized spacial score (nSPS) is 11.5. The predicted molar refractivity (Wildman–Crippen MR) is 236 cm³/mol. The highest BCUT2D eigenvalue weighted by Crippen LogP contribution is 2.40.